The molecule has 1 fully saturated rings. The number of carbonyl (C=O) groups excluding carboxylic acids is 2. The molecule has 8 heteroatoms. The van der Waals surface area contributed by atoms with Crippen LogP contribution < -0.4 is 5.73 Å². The highest BCUT2D eigenvalue weighted by atomic mass is 35.5. The Morgan fingerprint density at radius 3 is 2.45 bits per heavy atom. The third-order valence-corrected chi connectivity index (χ3v) is 5.94. The van der Waals surface area contributed by atoms with Crippen LogP contribution in [0.1, 0.15) is 46.5 Å². The van der Waals surface area contributed by atoms with E-state index in [0.717, 1.165) is 0 Å². The first-order chi connectivity index (χ1) is 14.8. The Kier molecular flexibility index (Phi) is 5.89. The lowest BCUT2D eigenvalue weighted by molar-refractivity contribution is -0.141. The van der Waals surface area contributed by atoms with Crippen molar-refractivity contribution in [2.75, 3.05) is 13.1 Å². The van der Waals surface area contributed by atoms with E-state index in [0.29, 0.717) is 53.1 Å². The van der Waals surface area contributed by atoms with Gasteiger partial charge in [0.15, 0.2) is 6.10 Å². The maximum Gasteiger partial charge on any atom is 0.256 e. The largest absolute Gasteiger partial charge is 0.378 e. The maximum atomic E-state index is 13.5. The van der Waals surface area contributed by atoms with Gasteiger partial charge >= 0.3 is 0 Å². The molecule has 0 aliphatic carbocycles. The SMILES string of the molecule is NC(=O)c1cc2cc(F)ccc2nc1C1CCN(C(=O)[C@@H](O)c2ccc(Cl)cc2)CC1. The number of nitrogens with two attached hydrogens (primary N) is 1. The van der Waals surface area contributed by atoms with Gasteiger partial charge in [-0.05, 0) is 54.8 Å². The van der Waals surface area contributed by atoms with Crippen LogP contribution in [0.15, 0.2) is 48.5 Å². The van der Waals surface area contributed by atoms with Crippen LogP contribution in [0.2, 0.25) is 5.02 Å². The molecule has 1 aliphatic heterocycles. The minimum Gasteiger partial charge on any atom is -0.378 e. The molecule has 6 nitrogen and oxygen atoms in total. The van der Waals surface area contributed by atoms with Gasteiger partial charge in [0.05, 0.1) is 16.8 Å². The van der Waals surface area contributed by atoms with Gasteiger partial charge < -0.3 is 15.7 Å². The quantitative estimate of drug-likeness (QED) is 0.646. The number of pyridine rings is 1. The van der Waals surface area contributed by atoms with E-state index in [-0.39, 0.29) is 17.4 Å². The maximum absolute atomic E-state index is 13.5. The number of carbonyl (C=O) groups is 2. The summed E-state index contributed by atoms with van der Waals surface area (Å²) in [5, 5.41) is 11.5. The van der Waals surface area contributed by atoms with Gasteiger partial charge in [-0.15, -0.1) is 0 Å². The predicted octanol–water partition coefficient (Wildman–Crippen LogP) is 3.57. The number of aromatic nitrogens is 1. The first-order valence-corrected chi connectivity index (χ1v) is 10.3. The van der Waals surface area contributed by atoms with E-state index in [9.17, 15) is 19.1 Å². The van der Waals surface area contributed by atoms with Crippen molar-refractivity contribution >= 4 is 34.3 Å². The minimum atomic E-state index is -1.26. The number of primary amides is 1. The highest BCUT2D eigenvalue weighted by molar-refractivity contribution is 6.30. The average molecular weight is 442 g/mol. The number of halogens is 2. The molecular weight excluding hydrogens is 421 g/mol. The minimum absolute atomic E-state index is 0.0753. The molecule has 1 aliphatic rings. The summed E-state index contributed by atoms with van der Waals surface area (Å²) in [4.78, 5) is 30.9. The van der Waals surface area contributed by atoms with Crippen LogP contribution in [0.5, 0.6) is 0 Å². The van der Waals surface area contributed by atoms with Gasteiger partial charge in [0, 0.05) is 29.4 Å². The summed E-state index contributed by atoms with van der Waals surface area (Å²) in [5.74, 6) is -1.49. The monoisotopic (exact) mass is 441 g/mol. The zero-order chi connectivity index (χ0) is 22.1. The van der Waals surface area contributed by atoms with E-state index in [2.05, 4.69) is 4.98 Å². The normalized spacial score (nSPS) is 15.8. The summed E-state index contributed by atoms with van der Waals surface area (Å²) in [6, 6.07) is 12.3. The molecule has 0 saturated carbocycles. The van der Waals surface area contributed by atoms with E-state index < -0.39 is 17.8 Å². The molecule has 4 rings (SSSR count). The number of hydrogen-bond donors (Lipinski definition) is 2. The fourth-order valence-electron chi connectivity index (χ4n) is 4.00. The van der Waals surface area contributed by atoms with Crippen LogP contribution in [-0.4, -0.2) is 39.9 Å². The van der Waals surface area contributed by atoms with Crippen molar-refractivity contribution < 1.29 is 19.1 Å². The summed E-state index contributed by atoms with van der Waals surface area (Å²) in [6.45, 7) is 0.824. The summed E-state index contributed by atoms with van der Waals surface area (Å²) < 4.78 is 13.5. The van der Waals surface area contributed by atoms with Crippen LogP contribution in [0.3, 0.4) is 0 Å². The Labute approximate surface area is 183 Å². The Hall–Kier alpha value is -3.03. The summed E-state index contributed by atoms with van der Waals surface area (Å²) in [7, 11) is 0. The van der Waals surface area contributed by atoms with Crippen molar-refractivity contribution in [3.05, 3.63) is 76.2 Å². The fraction of sp³-hybridized carbons (Fsp3) is 0.261. The first-order valence-electron chi connectivity index (χ1n) is 9.96. The van der Waals surface area contributed by atoms with E-state index in [1.165, 1.54) is 12.1 Å². The first kappa shape index (κ1) is 21.2. The lowest BCUT2D eigenvalue weighted by Gasteiger charge is -2.33. The van der Waals surface area contributed by atoms with E-state index in [4.69, 9.17) is 17.3 Å². The number of amides is 2. The smallest absolute Gasteiger partial charge is 0.256 e. The number of rotatable bonds is 4. The number of nitrogens with zero attached hydrogens (tertiary/aromatic N) is 2. The second-order valence-electron chi connectivity index (χ2n) is 7.68. The summed E-state index contributed by atoms with van der Waals surface area (Å²) >= 11 is 5.86. The van der Waals surface area contributed by atoms with Crippen LogP contribution in [0.25, 0.3) is 10.9 Å². The van der Waals surface area contributed by atoms with Gasteiger partial charge in [0.1, 0.15) is 5.82 Å². The molecule has 1 aromatic heterocycles. The molecule has 2 heterocycles. The number of aliphatic hydroxyl groups excluding tert-OH is 1. The van der Waals surface area contributed by atoms with E-state index in [1.54, 1.807) is 41.3 Å². The van der Waals surface area contributed by atoms with Crippen LogP contribution in [0, 0.1) is 5.82 Å². The molecule has 2 amide bonds. The van der Waals surface area contributed by atoms with E-state index >= 15 is 0 Å². The summed E-state index contributed by atoms with van der Waals surface area (Å²) in [6.07, 6.45) is -0.123. The zero-order valence-corrected chi connectivity index (χ0v) is 17.3. The molecule has 160 valence electrons. The van der Waals surface area contributed by atoms with Gasteiger partial charge in [-0.25, -0.2) is 4.39 Å². The number of aliphatic hydroxyl groups is 1. The average Bonchev–Trinajstić information content (AvgIpc) is 2.77. The van der Waals surface area contributed by atoms with Gasteiger partial charge in [0.2, 0.25) is 0 Å². The second kappa shape index (κ2) is 8.61. The topological polar surface area (TPSA) is 96.5 Å². The number of benzene rings is 2. The van der Waals surface area contributed by atoms with Gasteiger partial charge in [0.25, 0.3) is 11.8 Å². The van der Waals surface area contributed by atoms with Crippen LogP contribution in [-0.2, 0) is 4.79 Å². The van der Waals surface area contributed by atoms with Gasteiger partial charge in [-0.3, -0.25) is 14.6 Å². The van der Waals surface area contributed by atoms with Gasteiger partial charge in [-0.2, -0.15) is 0 Å². The zero-order valence-electron chi connectivity index (χ0n) is 16.6. The Balaban J connectivity index is 1.51. The molecule has 0 radical (unpaired) electrons. The molecule has 0 unspecified atom stereocenters. The van der Waals surface area contributed by atoms with Crippen LogP contribution in [0.4, 0.5) is 4.39 Å². The predicted molar refractivity (Wildman–Crippen MR) is 115 cm³/mol. The highest BCUT2D eigenvalue weighted by Crippen LogP contribution is 2.32. The number of piperidine rings is 1. The molecule has 3 N–H and O–H groups in total. The van der Waals surface area contributed by atoms with Crippen molar-refractivity contribution in [3.8, 4) is 0 Å². The van der Waals surface area contributed by atoms with Crippen molar-refractivity contribution in [2.24, 2.45) is 5.73 Å². The molecule has 0 spiro atoms. The summed E-state index contributed by atoms with van der Waals surface area (Å²) in [5.41, 5.74) is 7.46. The number of fused-ring (bicyclic) bond motifs is 1. The molecular formula is C23H21ClFN3O3. The third kappa shape index (κ3) is 4.38. The van der Waals surface area contributed by atoms with Crippen molar-refractivity contribution in [2.45, 2.75) is 24.9 Å². The molecule has 3 aromatic rings. The molecule has 1 saturated heterocycles. The number of likely N-dealkylation sites (tertiary alicyclic amines) is 1. The fourth-order valence-corrected chi connectivity index (χ4v) is 4.13. The van der Waals surface area contributed by atoms with Crippen molar-refractivity contribution in [1.82, 2.24) is 9.88 Å². The van der Waals surface area contributed by atoms with E-state index in [1.807, 2.05) is 0 Å². The third-order valence-electron chi connectivity index (χ3n) is 5.68. The molecule has 1 atom stereocenters. The standard InChI is InChI=1S/C23H21ClFN3O3/c24-16-3-1-14(2-4-16)21(29)23(31)28-9-7-13(8-10-28)20-18(22(26)30)12-15-11-17(25)5-6-19(15)27-20/h1-6,11-13,21,29H,7-10H2,(H2,26,30)/t21-/m0/s1. The Morgan fingerprint density at radius 1 is 1.13 bits per heavy atom. The second-order valence-corrected chi connectivity index (χ2v) is 8.11. The molecule has 0 bridgehead atoms. The van der Waals surface area contributed by atoms with Crippen molar-refractivity contribution in [1.29, 1.82) is 0 Å². The molecule has 2 aromatic carbocycles. The van der Waals surface area contributed by atoms with Crippen LogP contribution >= 0.6 is 11.6 Å². The van der Waals surface area contributed by atoms with Crippen molar-refractivity contribution in [3.63, 3.8) is 0 Å². The van der Waals surface area contributed by atoms with Gasteiger partial charge in [-0.1, -0.05) is 23.7 Å². The lowest BCUT2D eigenvalue weighted by atomic mass is 9.89. The Bertz CT molecular complexity index is 1140. The number of hydrogen-bond acceptors (Lipinski definition) is 4. The highest BCUT2D eigenvalue weighted by Gasteiger charge is 2.30. The Morgan fingerprint density at radius 2 is 1.81 bits per heavy atom. The molecule has 31 heavy (non-hydrogen) atoms. The lowest BCUT2D eigenvalue weighted by Crippen LogP contribution is -2.41.